The van der Waals surface area contributed by atoms with Crippen LogP contribution in [-0.4, -0.2) is 52.7 Å². The van der Waals surface area contributed by atoms with Gasteiger partial charge in [-0.25, -0.2) is 4.79 Å². The molecule has 1 aliphatic rings. The Bertz CT molecular complexity index is 537. The number of carboxylic acids is 1. The number of pyridine rings is 1. The molecule has 1 aromatic heterocycles. The van der Waals surface area contributed by atoms with Gasteiger partial charge in [-0.2, -0.15) is 0 Å². The van der Waals surface area contributed by atoms with Crippen LogP contribution in [0.5, 0.6) is 0 Å². The summed E-state index contributed by atoms with van der Waals surface area (Å²) in [6.07, 6.45) is 3.16. The first-order valence-corrected chi connectivity index (χ1v) is 7.57. The molecule has 2 heterocycles. The molecule has 0 unspecified atom stereocenters. The standard InChI is InChI=1S/C16H22N2O4/c1-11(2)10-22-13-4-7-18(8-5-13)15(19)14-9-12(16(20)21)3-6-17-14/h3,6,9,11,13H,4-5,7-8,10H2,1-2H3,(H,20,21). The van der Waals surface area contributed by atoms with E-state index in [9.17, 15) is 9.59 Å². The highest BCUT2D eigenvalue weighted by molar-refractivity contribution is 5.95. The molecule has 6 heteroatoms. The summed E-state index contributed by atoms with van der Waals surface area (Å²) in [6, 6.07) is 2.71. The highest BCUT2D eigenvalue weighted by Gasteiger charge is 2.25. The van der Waals surface area contributed by atoms with Gasteiger partial charge in [-0.3, -0.25) is 9.78 Å². The Hall–Kier alpha value is -1.95. The Balaban J connectivity index is 1.92. The lowest BCUT2D eigenvalue weighted by molar-refractivity contribution is -0.00243. The number of amides is 1. The molecule has 1 N–H and O–H groups in total. The monoisotopic (exact) mass is 306 g/mol. The summed E-state index contributed by atoms with van der Waals surface area (Å²) in [5, 5.41) is 8.97. The van der Waals surface area contributed by atoms with Crippen molar-refractivity contribution in [3.63, 3.8) is 0 Å². The molecule has 0 radical (unpaired) electrons. The van der Waals surface area contributed by atoms with E-state index >= 15 is 0 Å². The zero-order valence-corrected chi connectivity index (χ0v) is 13.0. The predicted octanol–water partition coefficient (Wildman–Crippen LogP) is 2.06. The topological polar surface area (TPSA) is 79.7 Å². The second-order valence-electron chi connectivity index (χ2n) is 5.95. The zero-order valence-electron chi connectivity index (χ0n) is 13.0. The van der Waals surface area contributed by atoms with Crippen molar-refractivity contribution in [3.8, 4) is 0 Å². The first kappa shape index (κ1) is 16.4. The molecule has 6 nitrogen and oxygen atoms in total. The van der Waals surface area contributed by atoms with Crippen molar-refractivity contribution in [1.82, 2.24) is 9.88 Å². The predicted molar refractivity (Wildman–Crippen MR) is 80.9 cm³/mol. The lowest BCUT2D eigenvalue weighted by Crippen LogP contribution is -2.41. The molecule has 1 aliphatic heterocycles. The summed E-state index contributed by atoms with van der Waals surface area (Å²) in [4.78, 5) is 29.0. The summed E-state index contributed by atoms with van der Waals surface area (Å²) < 4.78 is 5.80. The minimum Gasteiger partial charge on any atom is -0.478 e. The smallest absolute Gasteiger partial charge is 0.335 e. The third-order valence-corrected chi connectivity index (χ3v) is 3.62. The van der Waals surface area contributed by atoms with Gasteiger partial charge >= 0.3 is 5.97 Å². The highest BCUT2D eigenvalue weighted by atomic mass is 16.5. The number of likely N-dealkylation sites (tertiary alicyclic amines) is 1. The third-order valence-electron chi connectivity index (χ3n) is 3.62. The number of hydrogen-bond donors (Lipinski definition) is 1. The average molecular weight is 306 g/mol. The molecule has 120 valence electrons. The quantitative estimate of drug-likeness (QED) is 0.900. The number of hydrogen-bond acceptors (Lipinski definition) is 4. The fraction of sp³-hybridized carbons (Fsp3) is 0.562. The van der Waals surface area contributed by atoms with E-state index in [0.29, 0.717) is 19.0 Å². The number of piperidine rings is 1. The molecule has 0 atom stereocenters. The maximum Gasteiger partial charge on any atom is 0.335 e. The Labute approximate surface area is 130 Å². The van der Waals surface area contributed by atoms with E-state index in [1.165, 1.54) is 18.3 Å². The number of nitrogens with zero attached hydrogens (tertiary/aromatic N) is 2. The van der Waals surface area contributed by atoms with Gasteiger partial charge in [-0.15, -0.1) is 0 Å². The summed E-state index contributed by atoms with van der Waals surface area (Å²) >= 11 is 0. The van der Waals surface area contributed by atoms with Gasteiger partial charge in [0.2, 0.25) is 0 Å². The molecule has 1 saturated heterocycles. The molecule has 0 saturated carbocycles. The molecule has 1 amide bonds. The highest BCUT2D eigenvalue weighted by Crippen LogP contribution is 2.17. The van der Waals surface area contributed by atoms with Crippen LogP contribution >= 0.6 is 0 Å². The number of carbonyl (C=O) groups excluding carboxylic acids is 1. The number of aromatic carboxylic acids is 1. The first-order valence-electron chi connectivity index (χ1n) is 7.57. The Morgan fingerprint density at radius 3 is 2.68 bits per heavy atom. The van der Waals surface area contributed by atoms with Crippen molar-refractivity contribution < 1.29 is 19.4 Å². The third kappa shape index (κ3) is 4.27. The lowest BCUT2D eigenvalue weighted by atomic mass is 10.1. The van der Waals surface area contributed by atoms with Gasteiger partial charge in [-0.1, -0.05) is 13.8 Å². The molecule has 0 aliphatic carbocycles. The van der Waals surface area contributed by atoms with E-state index in [4.69, 9.17) is 9.84 Å². The Morgan fingerprint density at radius 1 is 1.41 bits per heavy atom. The zero-order chi connectivity index (χ0) is 16.1. The Kier molecular flexibility index (Phi) is 5.49. The van der Waals surface area contributed by atoms with E-state index in [-0.39, 0.29) is 23.3 Å². The van der Waals surface area contributed by atoms with Crippen LogP contribution < -0.4 is 0 Å². The van der Waals surface area contributed by atoms with E-state index in [0.717, 1.165) is 19.4 Å². The molecular weight excluding hydrogens is 284 g/mol. The molecule has 0 bridgehead atoms. The average Bonchev–Trinajstić information content (AvgIpc) is 2.53. The van der Waals surface area contributed by atoms with Crippen LogP contribution in [0.15, 0.2) is 18.3 Å². The number of rotatable bonds is 5. The van der Waals surface area contributed by atoms with Gasteiger partial charge in [0.1, 0.15) is 5.69 Å². The summed E-state index contributed by atoms with van der Waals surface area (Å²) in [5.41, 5.74) is 0.259. The molecular formula is C16H22N2O4. The van der Waals surface area contributed by atoms with E-state index in [2.05, 4.69) is 18.8 Å². The SMILES string of the molecule is CC(C)COC1CCN(C(=O)c2cc(C(=O)O)ccn2)CC1. The van der Waals surface area contributed by atoms with Crippen LogP contribution in [0.25, 0.3) is 0 Å². The summed E-state index contributed by atoms with van der Waals surface area (Å²) in [7, 11) is 0. The number of aromatic nitrogens is 1. The molecule has 0 aromatic carbocycles. The van der Waals surface area contributed by atoms with E-state index in [1.54, 1.807) is 4.90 Å². The minimum atomic E-state index is -1.06. The number of carboxylic acid groups (broad SMARTS) is 1. The summed E-state index contributed by atoms with van der Waals surface area (Å²) in [5.74, 6) is -0.773. The summed E-state index contributed by atoms with van der Waals surface area (Å²) in [6.45, 7) is 6.18. The van der Waals surface area contributed by atoms with Crippen molar-refractivity contribution in [2.75, 3.05) is 19.7 Å². The van der Waals surface area contributed by atoms with Gasteiger partial charge in [-0.05, 0) is 30.9 Å². The van der Waals surface area contributed by atoms with Crippen LogP contribution in [0, 0.1) is 5.92 Å². The maximum atomic E-state index is 12.4. The van der Waals surface area contributed by atoms with Crippen molar-refractivity contribution in [2.45, 2.75) is 32.8 Å². The van der Waals surface area contributed by atoms with Crippen molar-refractivity contribution in [3.05, 3.63) is 29.6 Å². The lowest BCUT2D eigenvalue weighted by Gasteiger charge is -2.32. The largest absolute Gasteiger partial charge is 0.478 e. The minimum absolute atomic E-state index is 0.0773. The normalized spacial score (nSPS) is 16.0. The second kappa shape index (κ2) is 7.35. The number of ether oxygens (including phenoxy) is 1. The fourth-order valence-electron chi connectivity index (χ4n) is 2.40. The van der Waals surface area contributed by atoms with Gasteiger partial charge in [0.25, 0.3) is 5.91 Å². The van der Waals surface area contributed by atoms with Crippen LogP contribution in [0.1, 0.15) is 47.5 Å². The van der Waals surface area contributed by atoms with E-state index in [1.807, 2.05) is 0 Å². The molecule has 1 fully saturated rings. The van der Waals surface area contributed by atoms with Crippen LogP contribution in [-0.2, 0) is 4.74 Å². The van der Waals surface area contributed by atoms with Crippen LogP contribution in [0.2, 0.25) is 0 Å². The second-order valence-corrected chi connectivity index (χ2v) is 5.95. The van der Waals surface area contributed by atoms with Gasteiger partial charge < -0.3 is 14.7 Å². The fourth-order valence-corrected chi connectivity index (χ4v) is 2.40. The van der Waals surface area contributed by atoms with E-state index < -0.39 is 5.97 Å². The molecule has 0 spiro atoms. The van der Waals surface area contributed by atoms with Gasteiger partial charge in [0.05, 0.1) is 11.7 Å². The number of carbonyl (C=O) groups is 2. The van der Waals surface area contributed by atoms with Gasteiger partial charge in [0, 0.05) is 25.9 Å². The molecule has 2 rings (SSSR count). The van der Waals surface area contributed by atoms with Crippen molar-refractivity contribution >= 4 is 11.9 Å². The first-order chi connectivity index (χ1) is 10.5. The Morgan fingerprint density at radius 2 is 2.09 bits per heavy atom. The maximum absolute atomic E-state index is 12.4. The van der Waals surface area contributed by atoms with Crippen LogP contribution in [0.3, 0.4) is 0 Å². The molecule has 22 heavy (non-hydrogen) atoms. The van der Waals surface area contributed by atoms with Gasteiger partial charge in [0.15, 0.2) is 0 Å². The van der Waals surface area contributed by atoms with Crippen molar-refractivity contribution in [1.29, 1.82) is 0 Å². The van der Waals surface area contributed by atoms with Crippen molar-refractivity contribution in [2.24, 2.45) is 5.92 Å². The molecule has 1 aromatic rings. The van der Waals surface area contributed by atoms with Crippen LogP contribution in [0.4, 0.5) is 0 Å².